The van der Waals surface area contributed by atoms with Gasteiger partial charge in [0.1, 0.15) is 22.5 Å². The van der Waals surface area contributed by atoms with Crippen molar-refractivity contribution in [2.45, 2.75) is 37.2 Å². The number of para-hydroxylation sites is 1. The molecule has 0 aromatic heterocycles. The Hall–Kier alpha value is -2.05. The third-order valence-corrected chi connectivity index (χ3v) is 5.58. The number of phenols is 1. The van der Waals surface area contributed by atoms with E-state index in [9.17, 15) is 13.5 Å². The zero-order chi connectivity index (χ0) is 17.2. The van der Waals surface area contributed by atoms with Gasteiger partial charge in [-0.25, -0.2) is 0 Å². The van der Waals surface area contributed by atoms with Crippen molar-refractivity contribution in [3.63, 3.8) is 0 Å². The maximum absolute atomic E-state index is 12.3. The number of fused-ring (bicyclic) bond motifs is 1. The van der Waals surface area contributed by atoms with Gasteiger partial charge in [0.05, 0.1) is 6.61 Å². The van der Waals surface area contributed by atoms with Crippen LogP contribution >= 0.6 is 0 Å². The van der Waals surface area contributed by atoms with Crippen LogP contribution in [0, 0.1) is 6.92 Å². The molecule has 1 aliphatic heterocycles. The molecule has 0 saturated heterocycles. The van der Waals surface area contributed by atoms with Crippen molar-refractivity contribution in [2.24, 2.45) is 0 Å². The van der Waals surface area contributed by atoms with Crippen molar-refractivity contribution in [3.05, 3.63) is 53.6 Å². The van der Waals surface area contributed by atoms with E-state index in [0.29, 0.717) is 12.0 Å². The van der Waals surface area contributed by atoms with Gasteiger partial charge in [0.15, 0.2) is 0 Å². The molecular weight excluding hydrogens is 328 g/mol. The maximum Gasteiger partial charge on any atom is 0.297 e. The first-order chi connectivity index (χ1) is 11.5. The summed E-state index contributed by atoms with van der Waals surface area (Å²) in [5.41, 5.74) is 1.72. The predicted octanol–water partition coefficient (Wildman–Crippen LogP) is 3.19. The summed E-state index contributed by atoms with van der Waals surface area (Å²) in [7, 11) is -3.89. The normalized spacial score (nSPS) is 17.1. The second-order valence-corrected chi connectivity index (χ2v) is 7.48. The molecule has 1 heterocycles. The Kier molecular flexibility index (Phi) is 4.78. The van der Waals surface area contributed by atoms with Crippen LogP contribution in [0.25, 0.3) is 0 Å². The van der Waals surface area contributed by atoms with Gasteiger partial charge in [-0.2, -0.15) is 8.42 Å². The van der Waals surface area contributed by atoms with Gasteiger partial charge in [-0.3, -0.25) is 4.18 Å². The number of aromatic hydroxyl groups is 1. The average Bonchev–Trinajstić information content (AvgIpc) is 2.56. The van der Waals surface area contributed by atoms with E-state index in [-0.39, 0.29) is 23.4 Å². The monoisotopic (exact) mass is 348 g/mol. The summed E-state index contributed by atoms with van der Waals surface area (Å²) in [4.78, 5) is -0.00240. The van der Waals surface area contributed by atoms with Gasteiger partial charge in [0, 0.05) is 12.5 Å². The summed E-state index contributed by atoms with van der Waals surface area (Å²) in [6, 6.07) is 12.1. The summed E-state index contributed by atoms with van der Waals surface area (Å²) >= 11 is 0. The highest BCUT2D eigenvalue weighted by Gasteiger charge is 2.22. The number of ether oxygens (including phenoxy) is 1. The molecule has 0 radical (unpaired) electrons. The van der Waals surface area contributed by atoms with Crippen molar-refractivity contribution in [1.29, 1.82) is 0 Å². The third kappa shape index (κ3) is 3.71. The smallest absolute Gasteiger partial charge is 0.297 e. The largest absolute Gasteiger partial charge is 0.508 e. The molecule has 0 fully saturated rings. The van der Waals surface area contributed by atoms with Gasteiger partial charge in [-0.1, -0.05) is 24.3 Å². The van der Waals surface area contributed by atoms with E-state index in [2.05, 4.69) is 0 Å². The standard InChI is InChI=1S/C18H20O5S/c1-13-6-8-15(19)12-18(13)24(20,21)22-11-10-16-9-7-14-4-2-3-5-17(14)23-16/h2-6,8,12,16,19H,7,9-11H2,1H3. The molecule has 0 amide bonds. The molecule has 2 aromatic carbocycles. The minimum absolute atomic E-state index is 0.00240. The van der Waals surface area contributed by atoms with Crippen molar-refractivity contribution in [1.82, 2.24) is 0 Å². The quantitative estimate of drug-likeness (QED) is 0.840. The van der Waals surface area contributed by atoms with Crippen LogP contribution in [-0.2, 0) is 20.7 Å². The van der Waals surface area contributed by atoms with E-state index in [1.165, 1.54) is 17.7 Å². The van der Waals surface area contributed by atoms with Crippen LogP contribution < -0.4 is 4.74 Å². The fourth-order valence-electron chi connectivity index (χ4n) is 2.79. The summed E-state index contributed by atoms with van der Waals surface area (Å²) < 4.78 is 35.5. The zero-order valence-corrected chi connectivity index (χ0v) is 14.3. The molecule has 2 aromatic rings. The van der Waals surface area contributed by atoms with Crippen LogP contribution in [0.15, 0.2) is 47.4 Å². The first-order valence-electron chi connectivity index (χ1n) is 7.89. The Morgan fingerprint density at radius 3 is 2.88 bits per heavy atom. The Balaban J connectivity index is 1.59. The molecular formula is C18H20O5S. The topological polar surface area (TPSA) is 72.8 Å². The fourth-order valence-corrected chi connectivity index (χ4v) is 3.96. The lowest BCUT2D eigenvalue weighted by Crippen LogP contribution is -2.24. The lowest BCUT2D eigenvalue weighted by molar-refractivity contribution is 0.141. The van der Waals surface area contributed by atoms with Crippen molar-refractivity contribution in [2.75, 3.05) is 6.61 Å². The van der Waals surface area contributed by atoms with Gasteiger partial charge in [-0.15, -0.1) is 0 Å². The van der Waals surface area contributed by atoms with E-state index in [1.54, 1.807) is 13.0 Å². The number of rotatable bonds is 5. The van der Waals surface area contributed by atoms with Gasteiger partial charge >= 0.3 is 0 Å². The van der Waals surface area contributed by atoms with Crippen LogP contribution in [0.3, 0.4) is 0 Å². The van der Waals surface area contributed by atoms with E-state index in [4.69, 9.17) is 8.92 Å². The molecule has 3 rings (SSSR count). The fraction of sp³-hybridized carbons (Fsp3) is 0.333. The van der Waals surface area contributed by atoms with E-state index >= 15 is 0 Å². The SMILES string of the molecule is Cc1ccc(O)cc1S(=O)(=O)OCCC1CCc2ccccc2O1. The summed E-state index contributed by atoms with van der Waals surface area (Å²) in [6.45, 7) is 1.71. The minimum Gasteiger partial charge on any atom is -0.508 e. The van der Waals surface area contributed by atoms with Gasteiger partial charge < -0.3 is 9.84 Å². The molecule has 0 spiro atoms. The minimum atomic E-state index is -3.89. The Morgan fingerprint density at radius 1 is 1.25 bits per heavy atom. The number of phenolic OH excluding ortho intramolecular Hbond substituents is 1. The first kappa shape index (κ1) is 16.8. The molecule has 1 aliphatic rings. The summed E-state index contributed by atoms with van der Waals surface area (Å²) in [6.07, 6.45) is 2.19. The maximum atomic E-state index is 12.3. The Labute approximate surface area is 142 Å². The molecule has 6 heteroatoms. The van der Waals surface area contributed by atoms with Crippen LogP contribution in [-0.4, -0.2) is 26.2 Å². The lowest BCUT2D eigenvalue weighted by atomic mass is 10.0. The van der Waals surface area contributed by atoms with Crippen LogP contribution in [0.5, 0.6) is 11.5 Å². The first-order valence-corrected chi connectivity index (χ1v) is 9.30. The van der Waals surface area contributed by atoms with Crippen molar-refractivity contribution in [3.8, 4) is 11.5 Å². The summed E-state index contributed by atoms with van der Waals surface area (Å²) in [5, 5.41) is 9.48. The molecule has 0 saturated carbocycles. The highest BCUT2D eigenvalue weighted by atomic mass is 32.2. The van der Waals surface area contributed by atoms with Crippen LogP contribution in [0.4, 0.5) is 0 Å². The number of hydrogen-bond donors (Lipinski definition) is 1. The number of hydrogen-bond acceptors (Lipinski definition) is 5. The highest BCUT2D eigenvalue weighted by Crippen LogP contribution is 2.28. The number of benzene rings is 2. The molecule has 1 N–H and O–H groups in total. The summed E-state index contributed by atoms with van der Waals surface area (Å²) in [5.74, 6) is 0.760. The second kappa shape index (κ2) is 6.83. The van der Waals surface area contributed by atoms with Gasteiger partial charge in [-0.05, 0) is 43.0 Å². The Morgan fingerprint density at radius 2 is 2.04 bits per heavy atom. The number of aryl methyl sites for hydroxylation is 2. The van der Waals surface area contributed by atoms with Gasteiger partial charge in [0.2, 0.25) is 0 Å². The molecule has 5 nitrogen and oxygen atoms in total. The zero-order valence-electron chi connectivity index (χ0n) is 13.4. The molecule has 128 valence electrons. The van der Waals surface area contributed by atoms with Crippen molar-refractivity contribution < 1.29 is 22.4 Å². The van der Waals surface area contributed by atoms with Crippen LogP contribution in [0.1, 0.15) is 24.0 Å². The third-order valence-electron chi connectivity index (χ3n) is 4.12. The highest BCUT2D eigenvalue weighted by molar-refractivity contribution is 7.86. The molecule has 24 heavy (non-hydrogen) atoms. The molecule has 0 aliphatic carbocycles. The predicted molar refractivity (Wildman–Crippen MR) is 89.8 cm³/mol. The van der Waals surface area contributed by atoms with E-state index in [1.807, 2.05) is 24.3 Å². The molecule has 1 unspecified atom stereocenters. The van der Waals surface area contributed by atoms with E-state index < -0.39 is 10.1 Å². The molecule has 0 bridgehead atoms. The molecule has 1 atom stereocenters. The van der Waals surface area contributed by atoms with Crippen molar-refractivity contribution >= 4 is 10.1 Å². The Bertz CT molecular complexity index is 829. The van der Waals surface area contributed by atoms with E-state index in [0.717, 1.165) is 18.6 Å². The van der Waals surface area contributed by atoms with Crippen LogP contribution in [0.2, 0.25) is 0 Å². The second-order valence-electron chi connectivity index (χ2n) is 5.90. The average molecular weight is 348 g/mol. The van der Waals surface area contributed by atoms with Gasteiger partial charge in [0.25, 0.3) is 10.1 Å². The lowest BCUT2D eigenvalue weighted by Gasteiger charge is -2.25.